The molecular weight excluding hydrogens is 312 g/mol. The van der Waals surface area contributed by atoms with Crippen LogP contribution >= 0.6 is 11.3 Å². The summed E-state index contributed by atoms with van der Waals surface area (Å²) in [5.41, 5.74) is 0.859. The summed E-state index contributed by atoms with van der Waals surface area (Å²) in [7, 11) is 0. The second-order valence-corrected chi connectivity index (χ2v) is 7.16. The molecule has 7 heteroatoms. The van der Waals surface area contributed by atoms with Crippen molar-refractivity contribution in [3.63, 3.8) is 0 Å². The summed E-state index contributed by atoms with van der Waals surface area (Å²) in [5.74, 6) is -0.00592. The summed E-state index contributed by atoms with van der Waals surface area (Å²) in [6.07, 6.45) is 1.50. The summed E-state index contributed by atoms with van der Waals surface area (Å²) in [6, 6.07) is 0. The van der Waals surface area contributed by atoms with Gasteiger partial charge in [0, 0.05) is 31.1 Å². The van der Waals surface area contributed by atoms with E-state index in [2.05, 4.69) is 16.8 Å². The maximum absolute atomic E-state index is 12.6. The van der Waals surface area contributed by atoms with Crippen molar-refractivity contribution in [2.24, 2.45) is 0 Å². The van der Waals surface area contributed by atoms with Gasteiger partial charge in [0.25, 0.3) is 5.56 Å². The van der Waals surface area contributed by atoms with Gasteiger partial charge in [-0.1, -0.05) is 6.92 Å². The first kappa shape index (κ1) is 16.1. The molecule has 0 saturated carbocycles. The smallest absolute Gasteiger partial charge is 0.262 e. The lowest BCUT2D eigenvalue weighted by atomic mass is 10.2. The van der Waals surface area contributed by atoms with Crippen LogP contribution in [0.25, 0.3) is 10.2 Å². The zero-order valence-electron chi connectivity index (χ0n) is 13.8. The fourth-order valence-corrected chi connectivity index (χ4v) is 3.93. The molecule has 0 N–H and O–H groups in total. The number of hydrogen-bond donors (Lipinski definition) is 0. The predicted octanol–water partition coefficient (Wildman–Crippen LogP) is 1.24. The summed E-state index contributed by atoms with van der Waals surface area (Å²) >= 11 is 1.53. The molecule has 0 unspecified atom stereocenters. The van der Waals surface area contributed by atoms with Crippen LogP contribution in [0.1, 0.15) is 17.4 Å². The summed E-state index contributed by atoms with van der Waals surface area (Å²) in [4.78, 5) is 35.5. The number of nitrogens with zero attached hydrogens (tertiary/aromatic N) is 4. The highest BCUT2D eigenvalue weighted by atomic mass is 32.1. The molecule has 6 nitrogen and oxygen atoms in total. The van der Waals surface area contributed by atoms with Crippen molar-refractivity contribution in [2.75, 3.05) is 32.7 Å². The number of thiophene rings is 1. The fourth-order valence-electron chi connectivity index (χ4n) is 2.94. The molecule has 0 radical (unpaired) electrons. The van der Waals surface area contributed by atoms with Crippen LogP contribution < -0.4 is 5.56 Å². The number of hydrogen-bond acceptors (Lipinski definition) is 5. The zero-order valence-corrected chi connectivity index (χ0v) is 14.7. The topological polar surface area (TPSA) is 58.4 Å². The first-order valence-electron chi connectivity index (χ1n) is 7.96. The van der Waals surface area contributed by atoms with Crippen LogP contribution in [0.15, 0.2) is 11.1 Å². The van der Waals surface area contributed by atoms with E-state index < -0.39 is 0 Å². The van der Waals surface area contributed by atoms with E-state index in [1.54, 1.807) is 0 Å². The summed E-state index contributed by atoms with van der Waals surface area (Å²) in [5, 5.41) is 0.651. The normalized spacial score (nSPS) is 16.2. The van der Waals surface area contributed by atoms with Crippen molar-refractivity contribution >= 4 is 27.5 Å². The van der Waals surface area contributed by atoms with Gasteiger partial charge >= 0.3 is 0 Å². The van der Waals surface area contributed by atoms with E-state index >= 15 is 0 Å². The van der Waals surface area contributed by atoms with E-state index in [0.29, 0.717) is 5.39 Å². The Hall–Kier alpha value is -1.73. The average Bonchev–Trinajstić information content (AvgIpc) is 2.85. The van der Waals surface area contributed by atoms with Gasteiger partial charge in [0.2, 0.25) is 5.91 Å². The highest BCUT2D eigenvalue weighted by molar-refractivity contribution is 7.18. The third-order valence-corrected chi connectivity index (χ3v) is 5.75. The van der Waals surface area contributed by atoms with Crippen LogP contribution in [-0.4, -0.2) is 58.0 Å². The second-order valence-electron chi connectivity index (χ2n) is 5.96. The average molecular weight is 334 g/mol. The van der Waals surface area contributed by atoms with E-state index in [9.17, 15) is 9.59 Å². The Kier molecular flexibility index (Phi) is 4.50. The first-order valence-corrected chi connectivity index (χ1v) is 8.78. The standard InChI is InChI=1S/C16H22N4O2S/c1-4-18-5-7-19(8-6-18)13(21)9-20-10-17-15-14(16(20)22)11(2)12(3)23-15/h10H,4-9H2,1-3H3. The molecule has 3 heterocycles. The maximum atomic E-state index is 12.6. The van der Waals surface area contributed by atoms with Gasteiger partial charge in [0.15, 0.2) is 0 Å². The number of carbonyl (C=O) groups is 1. The van der Waals surface area contributed by atoms with E-state index in [-0.39, 0.29) is 18.0 Å². The largest absolute Gasteiger partial charge is 0.339 e. The third kappa shape index (κ3) is 3.03. The quantitative estimate of drug-likeness (QED) is 0.847. The van der Waals surface area contributed by atoms with Crippen LogP contribution in [-0.2, 0) is 11.3 Å². The molecule has 0 bridgehead atoms. The number of rotatable bonds is 3. The predicted molar refractivity (Wildman–Crippen MR) is 92.0 cm³/mol. The van der Waals surface area contributed by atoms with Gasteiger partial charge in [-0.3, -0.25) is 14.2 Å². The number of likely N-dealkylation sites (N-methyl/N-ethyl adjacent to an activating group) is 1. The molecule has 1 fully saturated rings. The molecule has 124 valence electrons. The van der Waals surface area contributed by atoms with Crippen molar-refractivity contribution in [3.05, 3.63) is 27.1 Å². The SMILES string of the molecule is CCN1CCN(C(=O)Cn2cnc3sc(C)c(C)c3c2=O)CC1. The number of piperazine rings is 1. The second kappa shape index (κ2) is 6.41. The molecular formula is C16H22N4O2S. The van der Waals surface area contributed by atoms with E-state index in [1.807, 2.05) is 18.7 Å². The monoisotopic (exact) mass is 334 g/mol. The minimum Gasteiger partial charge on any atom is -0.339 e. The molecule has 1 aliphatic heterocycles. The van der Waals surface area contributed by atoms with Crippen molar-refractivity contribution in [1.82, 2.24) is 19.4 Å². The van der Waals surface area contributed by atoms with Gasteiger partial charge in [0.05, 0.1) is 11.7 Å². The van der Waals surface area contributed by atoms with Gasteiger partial charge < -0.3 is 9.80 Å². The Bertz CT molecular complexity index is 787. The lowest BCUT2D eigenvalue weighted by Gasteiger charge is -2.34. The van der Waals surface area contributed by atoms with Crippen molar-refractivity contribution in [2.45, 2.75) is 27.3 Å². The fraction of sp³-hybridized carbons (Fsp3) is 0.562. The number of aromatic nitrogens is 2. The maximum Gasteiger partial charge on any atom is 0.262 e. The minimum absolute atomic E-state index is 0.00592. The molecule has 2 aromatic heterocycles. The van der Waals surface area contributed by atoms with Crippen LogP contribution in [0.5, 0.6) is 0 Å². The summed E-state index contributed by atoms with van der Waals surface area (Å²) < 4.78 is 1.44. The Morgan fingerprint density at radius 1 is 1.26 bits per heavy atom. The molecule has 23 heavy (non-hydrogen) atoms. The lowest BCUT2D eigenvalue weighted by Crippen LogP contribution is -2.49. The molecule has 1 aliphatic rings. The highest BCUT2D eigenvalue weighted by Gasteiger charge is 2.21. The molecule has 2 aromatic rings. The van der Waals surface area contributed by atoms with E-state index in [1.165, 1.54) is 22.2 Å². The Labute approximate surface area is 139 Å². The van der Waals surface area contributed by atoms with Gasteiger partial charge in [-0.2, -0.15) is 0 Å². The third-order valence-electron chi connectivity index (χ3n) is 4.63. The highest BCUT2D eigenvalue weighted by Crippen LogP contribution is 2.25. The zero-order chi connectivity index (χ0) is 16.6. The number of fused-ring (bicyclic) bond motifs is 1. The Morgan fingerprint density at radius 3 is 2.61 bits per heavy atom. The molecule has 0 atom stereocenters. The molecule has 1 saturated heterocycles. The molecule has 0 aromatic carbocycles. The Morgan fingerprint density at radius 2 is 1.96 bits per heavy atom. The minimum atomic E-state index is -0.114. The van der Waals surface area contributed by atoms with Gasteiger partial charge in [-0.05, 0) is 26.0 Å². The number of carbonyl (C=O) groups excluding carboxylic acids is 1. The van der Waals surface area contributed by atoms with Crippen molar-refractivity contribution in [1.29, 1.82) is 0 Å². The summed E-state index contributed by atoms with van der Waals surface area (Å²) in [6.45, 7) is 10.4. The van der Waals surface area contributed by atoms with Gasteiger partial charge in [0.1, 0.15) is 11.4 Å². The van der Waals surface area contributed by atoms with Crippen molar-refractivity contribution < 1.29 is 4.79 Å². The lowest BCUT2D eigenvalue weighted by molar-refractivity contribution is -0.133. The Balaban J connectivity index is 1.79. The van der Waals surface area contributed by atoms with Crippen LogP contribution in [0.3, 0.4) is 0 Å². The van der Waals surface area contributed by atoms with E-state index in [4.69, 9.17) is 0 Å². The van der Waals surface area contributed by atoms with Gasteiger partial charge in [-0.15, -0.1) is 11.3 Å². The van der Waals surface area contributed by atoms with Gasteiger partial charge in [-0.25, -0.2) is 4.98 Å². The van der Waals surface area contributed by atoms with Crippen LogP contribution in [0.2, 0.25) is 0 Å². The van der Waals surface area contributed by atoms with E-state index in [0.717, 1.165) is 48.0 Å². The number of aryl methyl sites for hydroxylation is 2. The number of amides is 1. The molecule has 1 amide bonds. The molecule has 0 spiro atoms. The van der Waals surface area contributed by atoms with Crippen molar-refractivity contribution in [3.8, 4) is 0 Å². The molecule has 0 aliphatic carbocycles. The van der Waals surface area contributed by atoms with Crippen LogP contribution in [0, 0.1) is 13.8 Å². The van der Waals surface area contributed by atoms with Crippen LogP contribution in [0.4, 0.5) is 0 Å². The molecule has 3 rings (SSSR count). The first-order chi connectivity index (χ1) is 11.0.